The molecule has 0 spiro atoms. The minimum atomic E-state index is -2.90. The molecule has 2 aliphatic rings. The van der Waals surface area contributed by atoms with E-state index in [9.17, 15) is 13.6 Å². The molecule has 6 nitrogen and oxygen atoms in total. The Morgan fingerprint density at radius 2 is 2.14 bits per heavy atom. The van der Waals surface area contributed by atoms with Gasteiger partial charge in [-0.05, 0) is 49.1 Å². The standard InChI is InChI=1S/C20H23F2N5O/c1-11-4-2-5-13(8-11)25-18-16-12(10-24-19(16)28)9-15(27-18)26-14-6-3-7-20(21,22)17(14)23/h2,4-5,8-9,14,17H,3,6-7,10,23H2,1H3,(H,24,28)(H2,25,26,27)/t14?,17-/m1/s1. The van der Waals surface area contributed by atoms with Gasteiger partial charge >= 0.3 is 0 Å². The van der Waals surface area contributed by atoms with Gasteiger partial charge in [0.2, 0.25) is 0 Å². The fourth-order valence-corrected chi connectivity index (χ4v) is 3.83. The van der Waals surface area contributed by atoms with Gasteiger partial charge in [-0.1, -0.05) is 12.1 Å². The summed E-state index contributed by atoms with van der Waals surface area (Å²) in [6.45, 7) is 2.35. The Hall–Kier alpha value is -2.74. The SMILES string of the molecule is Cc1cccc(Nc2nc(NC3CCCC(F)(F)[C@@H]3N)cc3c2C(=O)NC3)c1. The summed E-state index contributed by atoms with van der Waals surface area (Å²) in [6, 6.07) is 7.58. The molecule has 4 rings (SSSR count). The van der Waals surface area contributed by atoms with E-state index in [2.05, 4.69) is 20.9 Å². The van der Waals surface area contributed by atoms with Crippen molar-refractivity contribution < 1.29 is 13.6 Å². The number of rotatable bonds is 4. The number of nitrogens with zero attached hydrogens (tertiary/aromatic N) is 1. The summed E-state index contributed by atoms with van der Waals surface area (Å²) in [4.78, 5) is 16.8. The van der Waals surface area contributed by atoms with E-state index in [1.165, 1.54) is 0 Å². The Morgan fingerprint density at radius 3 is 2.93 bits per heavy atom. The van der Waals surface area contributed by atoms with Crippen LogP contribution in [0.15, 0.2) is 30.3 Å². The molecule has 1 saturated carbocycles. The number of amides is 1. The van der Waals surface area contributed by atoms with Crippen LogP contribution in [0.4, 0.5) is 26.1 Å². The van der Waals surface area contributed by atoms with Gasteiger partial charge in [0.05, 0.1) is 11.6 Å². The first-order chi connectivity index (χ1) is 13.3. The number of aromatic nitrogens is 1. The number of carbonyl (C=O) groups is 1. The average Bonchev–Trinajstić information content (AvgIpc) is 3.00. The zero-order valence-corrected chi connectivity index (χ0v) is 15.6. The Labute approximate surface area is 161 Å². The van der Waals surface area contributed by atoms with Crippen LogP contribution in [0.25, 0.3) is 0 Å². The highest BCUT2D eigenvalue weighted by Crippen LogP contribution is 2.35. The van der Waals surface area contributed by atoms with Crippen molar-refractivity contribution in [3.63, 3.8) is 0 Å². The van der Waals surface area contributed by atoms with Crippen LogP contribution in [0, 0.1) is 6.92 Å². The first-order valence-corrected chi connectivity index (χ1v) is 9.39. The Morgan fingerprint density at radius 1 is 1.32 bits per heavy atom. The third-order valence-corrected chi connectivity index (χ3v) is 5.33. The number of anilines is 3. The molecule has 0 bridgehead atoms. The quantitative estimate of drug-likeness (QED) is 0.646. The summed E-state index contributed by atoms with van der Waals surface area (Å²) in [5.74, 6) is -2.27. The van der Waals surface area contributed by atoms with Crippen LogP contribution in [0.5, 0.6) is 0 Å². The van der Waals surface area contributed by atoms with E-state index in [1.807, 2.05) is 31.2 Å². The van der Waals surface area contributed by atoms with Crippen molar-refractivity contribution in [3.8, 4) is 0 Å². The largest absolute Gasteiger partial charge is 0.365 e. The minimum absolute atomic E-state index is 0.192. The van der Waals surface area contributed by atoms with E-state index in [0.717, 1.165) is 16.8 Å². The summed E-state index contributed by atoms with van der Waals surface area (Å²) in [5, 5.41) is 9.05. The molecule has 1 aromatic carbocycles. The van der Waals surface area contributed by atoms with Crippen LogP contribution in [0.3, 0.4) is 0 Å². The molecule has 1 aliphatic carbocycles. The molecule has 1 aliphatic heterocycles. The number of benzene rings is 1. The monoisotopic (exact) mass is 387 g/mol. The predicted molar refractivity (Wildman–Crippen MR) is 104 cm³/mol. The third-order valence-electron chi connectivity index (χ3n) is 5.33. The fourth-order valence-electron chi connectivity index (χ4n) is 3.83. The molecule has 1 amide bonds. The van der Waals surface area contributed by atoms with E-state index in [-0.39, 0.29) is 12.3 Å². The molecule has 148 valence electrons. The van der Waals surface area contributed by atoms with Crippen molar-refractivity contribution in [3.05, 3.63) is 47.0 Å². The van der Waals surface area contributed by atoms with Gasteiger partial charge in [0.15, 0.2) is 0 Å². The van der Waals surface area contributed by atoms with Crippen molar-refractivity contribution in [1.29, 1.82) is 0 Å². The summed E-state index contributed by atoms with van der Waals surface area (Å²) < 4.78 is 27.9. The second-order valence-corrected chi connectivity index (χ2v) is 7.50. The van der Waals surface area contributed by atoms with Gasteiger partial charge in [-0.3, -0.25) is 4.79 Å². The van der Waals surface area contributed by atoms with Crippen LogP contribution < -0.4 is 21.7 Å². The Bertz CT molecular complexity index is 917. The maximum Gasteiger partial charge on any atom is 0.264 e. The van der Waals surface area contributed by atoms with Crippen molar-refractivity contribution >= 4 is 23.2 Å². The molecule has 1 fully saturated rings. The lowest BCUT2D eigenvalue weighted by Crippen LogP contribution is -2.55. The van der Waals surface area contributed by atoms with Gasteiger partial charge < -0.3 is 21.7 Å². The second kappa shape index (κ2) is 7.01. The van der Waals surface area contributed by atoms with E-state index in [0.29, 0.717) is 36.6 Å². The average molecular weight is 387 g/mol. The van der Waals surface area contributed by atoms with Crippen molar-refractivity contribution in [2.45, 2.75) is 50.7 Å². The molecule has 28 heavy (non-hydrogen) atoms. The zero-order chi connectivity index (χ0) is 19.9. The summed E-state index contributed by atoms with van der Waals surface area (Å²) >= 11 is 0. The van der Waals surface area contributed by atoms with Gasteiger partial charge in [0.1, 0.15) is 11.6 Å². The number of hydrogen-bond acceptors (Lipinski definition) is 5. The lowest BCUT2D eigenvalue weighted by atomic mass is 9.87. The molecule has 0 radical (unpaired) electrons. The normalized spacial score (nSPS) is 23.1. The van der Waals surface area contributed by atoms with Crippen LogP contribution in [-0.4, -0.2) is 28.9 Å². The molecule has 0 saturated heterocycles. The number of halogens is 2. The topological polar surface area (TPSA) is 92.1 Å². The van der Waals surface area contributed by atoms with Gasteiger partial charge in [-0.25, -0.2) is 13.8 Å². The van der Waals surface area contributed by atoms with Crippen molar-refractivity contribution in [2.24, 2.45) is 5.73 Å². The maximum atomic E-state index is 14.0. The number of carbonyl (C=O) groups excluding carboxylic acids is 1. The van der Waals surface area contributed by atoms with Gasteiger partial charge in [0, 0.05) is 24.7 Å². The van der Waals surface area contributed by atoms with Gasteiger partial charge in [-0.15, -0.1) is 0 Å². The zero-order valence-electron chi connectivity index (χ0n) is 15.6. The Balaban J connectivity index is 1.65. The van der Waals surface area contributed by atoms with E-state index in [4.69, 9.17) is 5.73 Å². The van der Waals surface area contributed by atoms with E-state index in [1.54, 1.807) is 6.07 Å². The van der Waals surface area contributed by atoms with E-state index >= 15 is 0 Å². The molecule has 1 aromatic heterocycles. The number of fused-ring (bicyclic) bond motifs is 1. The van der Waals surface area contributed by atoms with Crippen LogP contribution in [-0.2, 0) is 6.54 Å². The summed E-state index contributed by atoms with van der Waals surface area (Å²) in [7, 11) is 0. The summed E-state index contributed by atoms with van der Waals surface area (Å²) in [5.41, 5.74) is 8.91. The molecular formula is C20H23F2N5O. The third kappa shape index (κ3) is 3.52. The molecule has 2 atom stereocenters. The number of nitrogens with one attached hydrogen (secondary N) is 3. The lowest BCUT2D eigenvalue weighted by molar-refractivity contribution is -0.0554. The highest BCUT2D eigenvalue weighted by atomic mass is 19.3. The molecule has 2 aromatic rings. The van der Waals surface area contributed by atoms with Gasteiger partial charge in [-0.2, -0.15) is 0 Å². The Kier molecular flexibility index (Phi) is 4.66. The van der Waals surface area contributed by atoms with E-state index < -0.39 is 18.0 Å². The molecule has 8 heteroatoms. The van der Waals surface area contributed by atoms with Crippen LogP contribution >= 0.6 is 0 Å². The molecule has 5 N–H and O–H groups in total. The highest BCUT2D eigenvalue weighted by Gasteiger charge is 2.44. The molecule has 1 unspecified atom stereocenters. The summed E-state index contributed by atoms with van der Waals surface area (Å²) in [6.07, 6.45) is 0.758. The molecular weight excluding hydrogens is 364 g/mol. The van der Waals surface area contributed by atoms with Crippen LogP contribution in [0.2, 0.25) is 0 Å². The molecule has 2 heterocycles. The second-order valence-electron chi connectivity index (χ2n) is 7.50. The van der Waals surface area contributed by atoms with Crippen molar-refractivity contribution in [1.82, 2.24) is 10.3 Å². The number of nitrogens with two attached hydrogens (primary N) is 1. The lowest BCUT2D eigenvalue weighted by Gasteiger charge is -2.36. The smallest absolute Gasteiger partial charge is 0.264 e. The fraction of sp³-hybridized carbons (Fsp3) is 0.400. The van der Waals surface area contributed by atoms with Crippen molar-refractivity contribution in [2.75, 3.05) is 10.6 Å². The maximum absolute atomic E-state index is 14.0. The predicted octanol–water partition coefficient (Wildman–Crippen LogP) is 3.30. The van der Waals surface area contributed by atoms with Crippen LogP contribution in [0.1, 0.15) is 40.7 Å². The first-order valence-electron chi connectivity index (χ1n) is 9.39. The number of pyridine rings is 1. The number of hydrogen-bond donors (Lipinski definition) is 4. The number of aryl methyl sites for hydroxylation is 1. The minimum Gasteiger partial charge on any atom is -0.365 e. The number of alkyl halides is 2. The highest BCUT2D eigenvalue weighted by molar-refractivity contribution is 6.03. The van der Waals surface area contributed by atoms with Gasteiger partial charge in [0.25, 0.3) is 11.8 Å². The first kappa shape index (κ1) is 18.6.